The maximum Gasteiger partial charge on any atom is 0.258 e. The number of imidazole rings is 1. The largest absolute Gasteiger partial charge is 0.340 e. The van der Waals surface area contributed by atoms with E-state index in [4.69, 9.17) is 28.2 Å². The highest BCUT2D eigenvalue weighted by molar-refractivity contribution is 7.98. The molecule has 3 heterocycles. The molecule has 0 aliphatic carbocycles. The number of likely N-dealkylation sites (tertiary alicyclic amines) is 1. The van der Waals surface area contributed by atoms with Crippen molar-refractivity contribution >= 4 is 51.9 Å². The Labute approximate surface area is 205 Å². The Morgan fingerprint density at radius 1 is 1.15 bits per heavy atom. The van der Waals surface area contributed by atoms with Crippen LogP contribution in [0.3, 0.4) is 0 Å². The van der Waals surface area contributed by atoms with E-state index in [1.807, 2.05) is 23.3 Å². The van der Waals surface area contributed by atoms with Crippen LogP contribution in [0.15, 0.2) is 47.5 Å². The Balaban J connectivity index is 1.52. The normalized spacial score (nSPS) is 16.0. The summed E-state index contributed by atoms with van der Waals surface area (Å²) in [5.41, 5.74) is 3.59. The molecule has 1 fully saturated rings. The summed E-state index contributed by atoms with van der Waals surface area (Å²) in [6, 6.07) is 11.3. The van der Waals surface area contributed by atoms with Gasteiger partial charge in [0.2, 0.25) is 0 Å². The van der Waals surface area contributed by atoms with Crippen molar-refractivity contribution in [3.05, 3.63) is 69.9 Å². The van der Waals surface area contributed by atoms with Gasteiger partial charge in [-0.3, -0.25) is 4.79 Å². The average molecular weight is 498 g/mol. The molecule has 0 radical (unpaired) electrons. The number of rotatable bonds is 4. The molecule has 2 aromatic carbocycles. The zero-order valence-corrected chi connectivity index (χ0v) is 20.4. The van der Waals surface area contributed by atoms with Crippen LogP contribution in [-0.4, -0.2) is 43.5 Å². The third kappa shape index (κ3) is 4.21. The molecule has 1 amide bonds. The fourth-order valence-corrected chi connectivity index (χ4v) is 4.97. The van der Waals surface area contributed by atoms with Gasteiger partial charge in [-0.2, -0.15) is 0 Å². The van der Waals surface area contributed by atoms with E-state index in [1.54, 1.807) is 37.0 Å². The van der Waals surface area contributed by atoms with Crippen LogP contribution >= 0.6 is 35.0 Å². The number of hydrogen-bond donors (Lipinski definition) is 1. The summed E-state index contributed by atoms with van der Waals surface area (Å²) in [6.45, 7) is 2.44. The van der Waals surface area contributed by atoms with Gasteiger partial charge in [0.1, 0.15) is 11.6 Å². The number of nitrogens with one attached hydrogen (secondary N) is 1. The number of amides is 1. The molecule has 168 valence electrons. The fraction of sp³-hybridized carbons (Fsp3) is 0.250. The van der Waals surface area contributed by atoms with E-state index in [9.17, 15) is 4.79 Å². The maximum atomic E-state index is 13.7. The summed E-state index contributed by atoms with van der Waals surface area (Å²) in [6.07, 6.45) is 5.39. The number of aromatic amines is 1. The zero-order valence-electron chi connectivity index (χ0n) is 18.1. The van der Waals surface area contributed by atoms with Crippen LogP contribution in [0.1, 0.15) is 40.9 Å². The van der Waals surface area contributed by atoms with Gasteiger partial charge in [-0.25, -0.2) is 15.0 Å². The third-order valence-corrected chi connectivity index (χ3v) is 7.33. The van der Waals surface area contributed by atoms with Gasteiger partial charge in [0.25, 0.3) is 5.91 Å². The molecule has 0 saturated carbocycles. The van der Waals surface area contributed by atoms with E-state index in [0.29, 0.717) is 33.7 Å². The lowest BCUT2D eigenvalue weighted by atomic mass is 10.1. The van der Waals surface area contributed by atoms with Crippen molar-refractivity contribution in [3.8, 4) is 11.3 Å². The number of hydrogen-bond acceptors (Lipinski definition) is 5. The van der Waals surface area contributed by atoms with Gasteiger partial charge in [-0.15, -0.1) is 11.8 Å². The second kappa shape index (κ2) is 8.97. The zero-order chi connectivity index (χ0) is 23.1. The van der Waals surface area contributed by atoms with Gasteiger partial charge in [0.05, 0.1) is 38.4 Å². The van der Waals surface area contributed by atoms with Crippen molar-refractivity contribution in [1.29, 1.82) is 0 Å². The average Bonchev–Trinajstić information content (AvgIpc) is 3.46. The Bertz CT molecular complexity index is 1370. The van der Waals surface area contributed by atoms with Gasteiger partial charge in [-0.05, 0) is 56.4 Å². The van der Waals surface area contributed by atoms with Gasteiger partial charge in [-0.1, -0.05) is 29.3 Å². The smallest absolute Gasteiger partial charge is 0.258 e. The van der Waals surface area contributed by atoms with Crippen molar-refractivity contribution in [3.63, 3.8) is 0 Å². The number of carbonyl (C=O) groups excluding carboxylic acids is 1. The fourth-order valence-electron chi connectivity index (χ4n) is 4.23. The summed E-state index contributed by atoms with van der Waals surface area (Å²) < 4.78 is 0. The van der Waals surface area contributed by atoms with Gasteiger partial charge < -0.3 is 9.88 Å². The SMILES string of the molecule is CSc1ccc2nc(C3CCCN3C(=O)c3cnc(C)nc3-c3ccc(Cl)c(Cl)c3)[nH]c2c1. The predicted octanol–water partition coefficient (Wildman–Crippen LogP) is 6.33. The monoisotopic (exact) mass is 497 g/mol. The molecule has 9 heteroatoms. The van der Waals surface area contributed by atoms with Crippen molar-refractivity contribution in [2.45, 2.75) is 30.7 Å². The molecule has 0 spiro atoms. The molecule has 1 unspecified atom stereocenters. The number of aryl methyl sites for hydroxylation is 1. The molecule has 4 aromatic rings. The van der Waals surface area contributed by atoms with Crippen molar-refractivity contribution in [2.75, 3.05) is 12.8 Å². The number of H-pyrrole nitrogens is 1. The Hall–Kier alpha value is -2.61. The molecule has 1 aliphatic rings. The molecule has 0 bridgehead atoms. The lowest BCUT2D eigenvalue weighted by Gasteiger charge is -2.24. The molecule has 1 aliphatic heterocycles. The molecule has 6 nitrogen and oxygen atoms in total. The second-order valence-corrected chi connectivity index (χ2v) is 9.66. The molecule has 2 aromatic heterocycles. The van der Waals surface area contributed by atoms with E-state index in [1.165, 1.54) is 4.90 Å². The highest BCUT2D eigenvalue weighted by atomic mass is 35.5. The van der Waals surface area contributed by atoms with E-state index in [-0.39, 0.29) is 11.9 Å². The van der Waals surface area contributed by atoms with E-state index >= 15 is 0 Å². The van der Waals surface area contributed by atoms with E-state index < -0.39 is 0 Å². The first-order valence-corrected chi connectivity index (χ1v) is 12.6. The number of fused-ring (bicyclic) bond motifs is 1. The standard InChI is InChI=1S/C24H21Cl2N5OS/c1-13-27-12-16(22(28-13)14-5-7-17(25)18(26)10-14)24(32)31-9-3-4-21(31)23-29-19-8-6-15(33-2)11-20(19)30-23/h5-8,10-12,21H,3-4,9H2,1-2H3,(H,29,30). The summed E-state index contributed by atoms with van der Waals surface area (Å²) in [5.74, 6) is 1.26. The first-order chi connectivity index (χ1) is 15.9. The Kier molecular flexibility index (Phi) is 6.03. The van der Waals surface area contributed by atoms with Gasteiger partial charge in [0.15, 0.2) is 0 Å². The van der Waals surface area contributed by atoms with E-state index in [0.717, 1.165) is 35.3 Å². The van der Waals surface area contributed by atoms with Crippen LogP contribution < -0.4 is 0 Å². The lowest BCUT2D eigenvalue weighted by Crippen LogP contribution is -2.31. The lowest BCUT2D eigenvalue weighted by molar-refractivity contribution is 0.0730. The highest BCUT2D eigenvalue weighted by Gasteiger charge is 2.34. The predicted molar refractivity (Wildman–Crippen MR) is 133 cm³/mol. The Morgan fingerprint density at radius 2 is 2.00 bits per heavy atom. The second-order valence-electron chi connectivity index (χ2n) is 7.97. The van der Waals surface area contributed by atoms with Gasteiger partial charge >= 0.3 is 0 Å². The maximum absolute atomic E-state index is 13.7. The molecule has 5 rings (SSSR count). The summed E-state index contributed by atoms with van der Waals surface area (Å²) in [7, 11) is 0. The number of halogens is 2. The van der Waals surface area contributed by atoms with Crippen molar-refractivity contribution in [1.82, 2.24) is 24.8 Å². The number of nitrogens with zero attached hydrogens (tertiary/aromatic N) is 4. The van der Waals surface area contributed by atoms with Crippen molar-refractivity contribution in [2.24, 2.45) is 0 Å². The van der Waals surface area contributed by atoms with Crippen LogP contribution in [0.25, 0.3) is 22.3 Å². The molecule has 1 atom stereocenters. The quantitative estimate of drug-likeness (QED) is 0.333. The summed E-state index contributed by atoms with van der Waals surface area (Å²) >= 11 is 14.0. The number of benzene rings is 2. The van der Waals surface area contributed by atoms with Crippen LogP contribution in [0.4, 0.5) is 0 Å². The topological polar surface area (TPSA) is 74.8 Å². The van der Waals surface area contributed by atoms with Crippen LogP contribution in [0.5, 0.6) is 0 Å². The third-order valence-electron chi connectivity index (χ3n) is 5.87. The Morgan fingerprint density at radius 3 is 2.79 bits per heavy atom. The minimum Gasteiger partial charge on any atom is -0.340 e. The minimum absolute atomic E-state index is 0.121. The summed E-state index contributed by atoms with van der Waals surface area (Å²) in [4.78, 5) is 33.9. The minimum atomic E-state index is -0.134. The number of carbonyl (C=O) groups is 1. The molecule has 1 N–H and O–H groups in total. The van der Waals surface area contributed by atoms with Crippen molar-refractivity contribution < 1.29 is 4.79 Å². The molecule has 33 heavy (non-hydrogen) atoms. The molecular formula is C24H21Cl2N5OS. The van der Waals surface area contributed by atoms with Crippen LogP contribution in [0.2, 0.25) is 10.0 Å². The summed E-state index contributed by atoms with van der Waals surface area (Å²) in [5, 5.41) is 0.864. The van der Waals surface area contributed by atoms with Crippen LogP contribution in [-0.2, 0) is 0 Å². The molecular weight excluding hydrogens is 477 g/mol. The highest BCUT2D eigenvalue weighted by Crippen LogP contribution is 2.35. The first kappa shape index (κ1) is 22.2. The van der Waals surface area contributed by atoms with E-state index in [2.05, 4.69) is 27.1 Å². The first-order valence-electron chi connectivity index (χ1n) is 10.6. The number of aromatic nitrogens is 4. The molecule has 1 saturated heterocycles. The van der Waals surface area contributed by atoms with Gasteiger partial charge in [0, 0.05) is 23.2 Å². The number of thioether (sulfide) groups is 1. The van der Waals surface area contributed by atoms with Crippen LogP contribution in [0, 0.1) is 6.92 Å².